The molecule has 0 spiro atoms. The molecule has 0 aliphatic carbocycles. The maximum absolute atomic E-state index is 4.17. The first-order valence-electron chi connectivity index (χ1n) is 5.93. The highest BCUT2D eigenvalue weighted by Gasteiger charge is 2.07. The molecular formula is C13H23N3. The summed E-state index contributed by atoms with van der Waals surface area (Å²) >= 11 is 0. The molecule has 3 nitrogen and oxygen atoms in total. The maximum Gasteiger partial charge on any atom is 0.0440 e. The number of nitrogens with zero attached hydrogens (tertiary/aromatic N) is 2. The van der Waals surface area contributed by atoms with Gasteiger partial charge in [0, 0.05) is 43.8 Å². The summed E-state index contributed by atoms with van der Waals surface area (Å²) in [6, 6.07) is 2.09. The van der Waals surface area contributed by atoms with Crippen molar-refractivity contribution in [3.8, 4) is 0 Å². The zero-order chi connectivity index (χ0) is 12.0. The molecule has 0 fully saturated rings. The van der Waals surface area contributed by atoms with E-state index >= 15 is 0 Å². The molecule has 0 aromatic carbocycles. The molecular weight excluding hydrogens is 198 g/mol. The molecule has 0 aliphatic rings. The summed E-state index contributed by atoms with van der Waals surface area (Å²) in [4.78, 5) is 6.49. The molecule has 90 valence electrons. The molecule has 0 aliphatic heterocycles. The van der Waals surface area contributed by atoms with Crippen molar-refractivity contribution in [1.29, 1.82) is 0 Å². The van der Waals surface area contributed by atoms with Crippen LogP contribution in [0.5, 0.6) is 0 Å². The number of hydrogen-bond acceptors (Lipinski definition) is 3. The smallest absolute Gasteiger partial charge is 0.0440 e. The van der Waals surface area contributed by atoms with Crippen LogP contribution in [0.2, 0.25) is 0 Å². The number of hydrogen-bond donors (Lipinski definition) is 1. The minimum absolute atomic E-state index is 0.747. The third-order valence-electron chi connectivity index (χ3n) is 2.70. The summed E-state index contributed by atoms with van der Waals surface area (Å²) in [5, 5.41) is 3.18. The van der Waals surface area contributed by atoms with Crippen LogP contribution in [0.25, 0.3) is 0 Å². The molecule has 0 radical (unpaired) electrons. The molecule has 0 saturated heterocycles. The zero-order valence-corrected chi connectivity index (χ0v) is 10.8. The number of aromatic nitrogens is 1. The Labute approximate surface area is 98.9 Å². The first-order valence-corrected chi connectivity index (χ1v) is 5.93. The highest BCUT2D eigenvalue weighted by molar-refractivity contribution is 5.51. The lowest BCUT2D eigenvalue weighted by molar-refractivity contribution is 0.584. The molecule has 1 aromatic rings. The standard InChI is InChI=1S/C13H23N3/c1-11(2)6-8-16(4)13-5-7-15-10-12(13)9-14-3/h5,7,10-11,14H,6,8-9H2,1-4H3. The normalized spacial score (nSPS) is 10.8. The first kappa shape index (κ1) is 13.0. The molecule has 0 bridgehead atoms. The molecule has 0 amide bonds. The number of nitrogens with one attached hydrogen (secondary N) is 1. The van der Waals surface area contributed by atoms with Crippen LogP contribution < -0.4 is 10.2 Å². The summed E-state index contributed by atoms with van der Waals surface area (Å²) in [6.07, 6.45) is 5.02. The van der Waals surface area contributed by atoms with Gasteiger partial charge in [0.1, 0.15) is 0 Å². The van der Waals surface area contributed by atoms with Crippen molar-refractivity contribution < 1.29 is 0 Å². The third kappa shape index (κ3) is 3.81. The molecule has 1 rings (SSSR count). The summed E-state index contributed by atoms with van der Waals surface area (Å²) in [7, 11) is 4.11. The van der Waals surface area contributed by atoms with E-state index in [1.54, 1.807) is 0 Å². The lowest BCUT2D eigenvalue weighted by atomic mass is 10.1. The summed E-state index contributed by atoms with van der Waals surface area (Å²) in [5.41, 5.74) is 2.54. The van der Waals surface area contributed by atoms with Gasteiger partial charge in [-0.1, -0.05) is 13.8 Å². The predicted octanol–water partition coefficient (Wildman–Crippen LogP) is 2.28. The van der Waals surface area contributed by atoms with Gasteiger partial charge in [-0.2, -0.15) is 0 Å². The first-order chi connectivity index (χ1) is 7.65. The minimum atomic E-state index is 0.747. The Hall–Kier alpha value is -1.09. The van der Waals surface area contributed by atoms with Crippen LogP contribution in [0.4, 0.5) is 5.69 Å². The van der Waals surface area contributed by atoms with Gasteiger partial charge in [-0.05, 0) is 25.5 Å². The second-order valence-corrected chi connectivity index (χ2v) is 4.64. The summed E-state index contributed by atoms with van der Waals surface area (Å²) in [6.45, 7) is 6.48. The Morgan fingerprint density at radius 2 is 2.19 bits per heavy atom. The van der Waals surface area contributed by atoms with E-state index in [1.165, 1.54) is 17.7 Å². The van der Waals surface area contributed by atoms with Gasteiger partial charge in [0.05, 0.1) is 0 Å². The van der Waals surface area contributed by atoms with E-state index in [0.717, 1.165) is 19.0 Å². The van der Waals surface area contributed by atoms with E-state index < -0.39 is 0 Å². The van der Waals surface area contributed by atoms with Crippen molar-refractivity contribution in [3.05, 3.63) is 24.0 Å². The van der Waals surface area contributed by atoms with E-state index in [0.29, 0.717) is 0 Å². The summed E-state index contributed by atoms with van der Waals surface area (Å²) < 4.78 is 0. The monoisotopic (exact) mass is 221 g/mol. The fourth-order valence-corrected chi connectivity index (χ4v) is 1.69. The quantitative estimate of drug-likeness (QED) is 0.799. The van der Waals surface area contributed by atoms with E-state index in [-0.39, 0.29) is 0 Å². The average Bonchev–Trinajstić information content (AvgIpc) is 2.27. The van der Waals surface area contributed by atoms with E-state index in [9.17, 15) is 0 Å². The summed E-state index contributed by atoms with van der Waals surface area (Å²) in [5.74, 6) is 0.747. The van der Waals surface area contributed by atoms with Crippen LogP contribution in [-0.2, 0) is 6.54 Å². The van der Waals surface area contributed by atoms with Crippen LogP contribution in [0, 0.1) is 5.92 Å². The van der Waals surface area contributed by atoms with Gasteiger partial charge >= 0.3 is 0 Å². The SMILES string of the molecule is CNCc1cnccc1N(C)CCC(C)C. The molecule has 16 heavy (non-hydrogen) atoms. The van der Waals surface area contributed by atoms with Crippen molar-refractivity contribution in [3.63, 3.8) is 0 Å². The van der Waals surface area contributed by atoms with Crippen molar-refractivity contribution in [2.45, 2.75) is 26.8 Å². The van der Waals surface area contributed by atoms with Crippen LogP contribution >= 0.6 is 0 Å². The predicted molar refractivity (Wildman–Crippen MR) is 69.7 cm³/mol. The van der Waals surface area contributed by atoms with Crippen LogP contribution in [0.1, 0.15) is 25.8 Å². The Morgan fingerprint density at radius 1 is 1.44 bits per heavy atom. The molecule has 0 unspecified atom stereocenters. The van der Waals surface area contributed by atoms with Crippen LogP contribution in [0.15, 0.2) is 18.5 Å². The molecule has 1 aromatic heterocycles. The second-order valence-electron chi connectivity index (χ2n) is 4.64. The zero-order valence-electron chi connectivity index (χ0n) is 10.8. The van der Waals surface area contributed by atoms with Crippen molar-refractivity contribution >= 4 is 5.69 Å². The van der Waals surface area contributed by atoms with E-state index in [1.807, 2.05) is 19.4 Å². The van der Waals surface area contributed by atoms with Gasteiger partial charge < -0.3 is 10.2 Å². The minimum Gasteiger partial charge on any atom is -0.374 e. The Morgan fingerprint density at radius 3 is 2.81 bits per heavy atom. The van der Waals surface area contributed by atoms with Crippen LogP contribution in [-0.4, -0.2) is 25.6 Å². The van der Waals surface area contributed by atoms with Gasteiger partial charge in [-0.3, -0.25) is 4.98 Å². The lowest BCUT2D eigenvalue weighted by Gasteiger charge is -2.23. The number of pyridine rings is 1. The molecule has 3 heteroatoms. The Balaban J connectivity index is 2.69. The Kier molecular flexibility index (Phi) is 5.26. The Bertz CT molecular complexity index is 310. The number of rotatable bonds is 6. The third-order valence-corrected chi connectivity index (χ3v) is 2.70. The fraction of sp³-hybridized carbons (Fsp3) is 0.615. The van der Waals surface area contributed by atoms with Gasteiger partial charge in [0.2, 0.25) is 0 Å². The largest absolute Gasteiger partial charge is 0.374 e. The van der Waals surface area contributed by atoms with Gasteiger partial charge in [-0.15, -0.1) is 0 Å². The highest BCUT2D eigenvalue weighted by atomic mass is 15.1. The van der Waals surface area contributed by atoms with E-state index in [4.69, 9.17) is 0 Å². The molecule has 0 saturated carbocycles. The van der Waals surface area contributed by atoms with Crippen molar-refractivity contribution in [2.75, 3.05) is 25.5 Å². The average molecular weight is 221 g/mol. The molecule has 0 atom stereocenters. The van der Waals surface area contributed by atoms with Gasteiger partial charge in [0.15, 0.2) is 0 Å². The number of anilines is 1. The molecule has 1 N–H and O–H groups in total. The van der Waals surface area contributed by atoms with E-state index in [2.05, 4.69) is 42.2 Å². The van der Waals surface area contributed by atoms with Gasteiger partial charge in [0.25, 0.3) is 0 Å². The maximum atomic E-state index is 4.17. The lowest BCUT2D eigenvalue weighted by Crippen LogP contribution is -2.22. The fourth-order valence-electron chi connectivity index (χ4n) is 1.69. The van der Waals surface area contributed by atoms with Gasteiger partial charge in [-0.25, -0.2) is 0 Å². The second kappa shape index (κ2) is 6.48. The van der Waals surface area contributed by atoms with Crippen molar-refractivity contribution in [2.24, 2.45) is 5.92 Å². The van der Waals surface area contributed by atoms with Crippen molar-refractivity contribution in [1.82, 2.24) is 10.3 Å². The topological polar surface area (TPSA) is 28.2 Å². The van der Waals surface area contributed by atoms with Crippen LogP contribution in [0.3, 0.4) is 0 Å². The molecule has 1 heterocycles. The highest BCUT2D eigenvalue weighted by Crippen LogP contribution is 2.18.